The minimum atomic E-state index is 0.605. The molecule has 0 bridgehead atoms. The van der Waals surface area contributed by atoms with Gasteiger partial charge in [0, 0.05) is 27.8 Å². The molecule has 2 aromatic heterocycles. The van der Waals surface area contributed by atoms with Crippen LogP contribution in [0.1, 0.15) is 5.56 Å². The third-order valence-electron chi connectivity index (χ3n) is 7.14. The Labute approximate surface area is 243 Å². The van der Waals surface area contributed by atoms with Crippen molar-refractivity contribution in [1.82, 2.24) is 19.9 Å². The van der Waals surface area contributed by atoms with Crippen LogP contribution in [-0.2, 0) is 0 Å². The van der Waals surface area contributed by atoms with Crippen molar-refractivity contribution in [2.45, 2.75) is 0 Å². The van der Waals surface area contributed by atoms with E-state index in [9.17, 15) is 5.26 Å². The molecule has 7 aromatic rings. The van der Waals surface area contributed by atoms with Crippen LogP contribution in [0.3, 0.4) is 0 Å². The lowest BCUT2D eigenvalue weighted by molar-refractivity contribution is 1.18. The fraction of sp³-hybridized carbons (Fsp3) is 0. The van der Waals surface area contributed by atoms with Gasteiger partial charge < -0.3 is 0 Å². The average molecular weight is 538 g/mol. The third-order valence-corrected chi connectivity index (χ3v) is 7.14. The predicted octanol–water partition coefficient (Wildman–Crippen LogP) is 8.63. The van der Waals surface area contributed by atoms with Crippen molar-refractivity contribution < 1.29 is 0 Å². The molecule has 0 aliphatic rings. The van der Waals surface area contributed by atoms with E-state index in [1.165, 1.54) is 0 Å². The van der Waals surface area contributed by atoms with E-state index in [0.717, 1.165) is 61.6 Å². The van der Waals surface area contributed by atoms with E-state index < -0.39 is 0 Å². The number of benzene rings is 5. The summed E-state index contributed by atoms with van der Waals surface area (Å²) in [6, 6.07) is 48.0. The lowest BCUT2D eigenvalue weighted by Gasteiger charge is -2.12. The zero-order chi connectivity index (χ0) is 28.3. The topological polar surface area (TPSA) is 75.3 Å². The molecule has 0 atom stereocenters. The molecule has 196 valence electrons. The highest BCUT2D eigenvalue weighted by Crippen LogP contribution is 2.33. The smallest absolute Gasteiger partial charge is 0.160 e. The summed E-state index contributed by atoms with van der Waals surface area (Å²) >= 11 is 0. The quantitative estimate of drug-likeness (QED) is 0.220. The largest absolute Gasteiger partial charge is 0.244 e. The monoisotopic (exact) mass is 537 g/mol. The van der Waals surface area contributed by atoms with Crippen molar-refractivity contribution >= 4 is 11.0 Å². The molecule has 0 radical (unpaired) electrons. The van der Waals surface area contributed by atoms with E-state index >= 15 is 0 Å². The molecule has 0 unspecified atom stereocenters. The summed E-state index contributed by atoms with van der Waals surface area (Å²) in [6.45, 7) is 0. The van der Waals surface area contributed by atoms with E-state index in [-0.39, 0.29) is 0 Å². The second kappa shape index (κ2) is 10.9. The van der Waals surface area contributed by atoms with E-state index in [2.05, 4.69) is 42.5 Å². The summed E-state index contributed by atoms with van der Waals surface area (Å²) in [4.78, 5) is 19.9. The van der Waals surface area contributed by atoms with Gasteiger partial charge in [0.05, 0.1) is 45.4 Å². The van der Waals surface area contributed by atoms with E-state index in [1.54, 1.807) is 0 Å². The van der Waals surface area contributed by atoms with Crippen LogP contribution in [0, 0.1) is 11.3 Å². The van der Waals surface area contributed by atoms with Crippen molar-refractivity contribution in [3.8, 4) is 62.5 Å². The van der Waals surface area contributed by atoms with Crippen molar-refractivity contribution in [3.05, 3.63) is 145 Å². The molecule has 0 aliphatic heterocycles. The first-order chi connectivity index (χ1) is 20.7. The summed E-state index contributed by atoms with van der Waals surface area (Å²) in [5.41, 5.74) is 10.3. The maximum atomic E-state index is 9.27. The number of hydrogen-bond donors (Lipinski definition) is 0. The second-order valence-electron chi connectivity index (χ2n) is 9.87. The van der Waals surface area contributed by atoms with Crippen molar-refractivity contribution in [2.24, 2.45) is 0 Å². The standard InChI is InChI=1S/C37H23N5/c38-24-25-15-17-28(18-16-25)35-36(40-32-14-8-7-13-31(32)39-35)29-21-19-27(20-22-29)34-23-33(26-9-3-1-4-10-26)41-37(42-34)30-11-5-2-6-12-30/h1-23H. The maximum absolute atomic E-state index is 9.27. The number of hydrogen-bond acceptors (Lipinski definition) is 5. The molecule has 2 heterocycles. The lowest BCUT2D eigenvalue weighted by atomic mass is 10.0. The highest BCUT2D eigenvalue weighted by atomic mass is 14.9. The van der Waals surface area contributed by atoms with Gasteiger partial charge in [0.1, 0.15) is 0 Å². The van der Waals surface area contributed by atoms with Gasteiger partial charge in [-0.1, -0.05) is 109 Å². The van der Waals surface area contributed by atoms with Crippen LogP contribution in [0.2, 0.25) is 0 Å². The molecule has 0 spiro atoms. The van der Waals surface area contributed by atoms with Gasteiger partial charge in [-0.05, 0) is 30.3 Å². The molecule has 5 nitrogen and oxygen atoms in total. The second-order valence-corrected chi connectivity index (χ2v) is 9.87. The molecule has 0 amide bonds. The average Bonchev–Trinajstić information content (AvgIpc) is 3.08. The van der Waals surface area contributed by atoms with Gasteiger partial charge in [-0.15, -0.1) is 0 Å². The number of fused-ring (bicyclic) bond motifs is 1. The van der Waals surface area contributed by atoms with Crippen LogP contribution < -0.4 is 0 Å². The Kier molecular flexibility index (Phi) is 6.48. The van der Waals surface area contributed by atoms with Gasteiger partial charge in [-0.2, -0.15) is 5.26 Å². The zero-order valence-corrected chi connectivity index (χ0v) is 22.5. The third kappa shape index (κ3) is 4.90. The summed E-state index contributed by atoms with van der Waals surface area (Å²) in [6.07, 6.45) is 0. The van der Waals surface area contributed by atoms with Gasteiger partial charge in [0.2, 0.25) is 0 Å². The number of nitrogens with zero attached hydrogens (tertiary/aromatic N) is 5. The van der Waals surface area contributed by atoms with E-state index in [1.807, 2.05) is 103 Å². The first-order valence-corrected chi connectivity index (χ1v) is 13.6. The number of para-hydroxylation sites is 2. The Balaban J connectivity index is 1.34. The van der Waals surface area contributed by atoms with E-state index in [4.69, 9.17) is 19.9 Å². The Bertz CT molecular complexity index is 2010. The van der Waals surface area contributed by atoms with Gasteiger partial charge >= 0.3 is 0 Å². The van der Waals surface area contributed by atoms with Crippen molar-refractivity contribution in [3.63, 3.8) is 0 Å². The molecular weight excluding hydrogens is 514 g/mol. The zero-order valence-electron chi connectivity index (χ0n) is 22.5. The molecule has 5 aromatic carbocycles. The number of nitriles is 1. The summed E-state index contributed by atoms with van der Waals surface area (Å²) in [5, 5.41) is 9.27. The van der Waals surface area contributed by atoms with Crippen LogP contribution in [0.15, 0.2) is 140 Å². The molecule has 0 fully saturated rings. The van der Waals surface area contributed by atoms with Crippen LogP contribution in [-0.4, -0.2) is 19.9 Å². The number of rotatable bonds is 5. The Morgan fingerprint density at radius 3 is 1.36 bits per heavy atom. The van der Waals surface area contributed by atoms with Crippen LogP contribution in [0.4, 0.5) is 0 Å². The Hall–Kier alpha value is -5.99. The van der Waals surface area contributed by atoms with Gasteiger partial charge in [-0.25, -0.2) is 19.9 Å². The lowest BCUT2D eigenvalue weighted by Crippen LogP contribution is -1.97. The number of aromatic nitrogens is 4. The van der Waals surface area contributed by atoms with Crippen LogP contribution in [0.25, 0.3) is 67.5 Å². The molecular formula is C37H23N5. The Morgan fingerprint density at radius 2 is 0.833 bits per heavy atom. The fourth-order valence-corrected chi connectivity index (χ4v) is 4.97. The maximum Gasteiger partial charge on any atom is 0.160 e. The molecule has 0 aliphatic carbocycles. The normalized spacial score (nSPS) is 10.8. The first kappa shape index (κ1) is 25.0. The summed E-state index contributed by atoms with van der Waals surface area (Å²) in [7, 11) is 0. The van der Waals surface area contributed by atoms with Crippen molar-refractivity contribution in [1.29, 1.82) is 5.26 Å². The minimum Gasteiger partial charge on any atom is -0.244 e. The molecule has 0 saturated carbocycles. The fourth-order valence-electron chi connectivity index (χ4n) is 4.97. The highest BCUT2D eigenvalue weighted by molar-refractivity contribution is 5.87. The molecule has 5 heteroatoms. The summed E-state index contributed by atoms with van der Waals surface area (Å²) < 4.78 is 0. The van der Waals surface area contributed by atoms with E-state index in [0.29, 0.717) is 11.4 Å². The van der Waals surface area contributed by atoms with Crippen LogP contribution >= 0.6 is 0 Å². The SMILES string of the molecule is N#Cc1ccc(-c2nc3ccccc3nc2-c2ccc(-c3cc(-c4ccccc4)nc(-c4ccccc4)n3)cc2)cc1. The molecule has 7 rings (SSSR count). The highest BCUT2D eigenvalue weighted by Gasteiger charge is 2.15. The van der Waals surface area contributed by atoms with Gasteiger partial charge in [0.25, 0.3) is 0 Å². The van der Waals surface area contributed by atoms with Crippen LogP contribution in [0.5, 0.6) is 0 Å². The van der Waals surface area contributed by atoms with Gasteiger partial charge in [0.15, 0.2) is 5.82 Å². The van der Waals surface area contributed by atoms with Gasteiger partial charge in [-0.3, -0.25) is 0 Å². The molecule has 42 heavy (non-hydrogen) atoms. The predicted molar refractivity (Wildman–Crippen MR) is 167 cm³/mol. The molecule has 0 saturated heterocycles. The molecule has 0 N–H and O–H groups in total. The van der Waals surface area contributed by atoms with Crippen molar-refractivity contribution in [2.75, 3.05) is 0 Å². The Morgan fingerprint density at radius 1 is 0.405 bits per heavy atom. The first-order valence-electron chi connectivity index (χ1n) is 13.6. The minimum absolute atomic E-state index is 0.605. The summed E-state index contributed by atoms with van der Waals surface area (Å²) in [5.74, 6) is 0.680.